The van der Waals surface area contributed by atoms with Crippen LogP contribution in [0.25, 0.3) is 0 Å². The van der Waals surface area contributed by atoms with Crippen LogP contribution in [0.4, 0.5) is 0 Å². The van der Waals surface area contributed by atoms with Crippen LogP contribution in [0.15, 0.2) is 47.4 Å². The molecule has 0 aromatic heterocycles. The second-order valence-electron chi connectivity index (χ2n) is 7.44. The Morgan fingerprint density at radius 2 is 1.71 bits per heavy atom. The van der Waals surface area contributed by atoms with Crippen LogP contribution < -0.4 is 4.74 Å². The molecule has 5 nitrogen and oxygen atoms in total. The lowest BCUT2D eigenvalue weighted by Gasteiger charge is -2.31. The van der Waals surface area contributed by atoms with Gasteiger partial charge in [-0.2, -0.15) is 4.31 Å². The number of nitrogens with zero attached hydrogens (tertiary/aromatic N) is 1. The Kier molecular flexibility index (Phi) is 6.20. The van der Waals surface area contributed by atoms with Crippen molar-refractivity contribution < 1.29 is 17.9 Å². The Labute approximate surface area is 167 Å². The summed E-state index contributed by atoms with van der Waals surface area (Å²) in [6.07, 6.45) is 1.51. The molecule has 150 valence electrons. The average Bonchev–Trinajstić information content (AvgIpc) is 2.68. The van der Waals surface area contributed by atoms with Crippen molar-refractivity contribution in [1.29, 1.82) is 0 Å². The SMILES string of the molecule is COc1ccc(CC(=O)C2CCN(S(=O)(=O)c3ccc(C)cc3C)CC2)cc1. The number of carbonyl (C=O) groups is 1. The number of benzene rings is 2. The van der Waals surface area contributed by atoms with Crippen LogP contribution in [0.2, 0.25) is 0 Å². The van der Waals surface area contributed by atoms with Crippen molar-refractivity contribution in [3.05, 3.63) is 59.2 Å². The Morgan fingerprint density at radius 3 is 2.29 bits per heavy atom. The van der Waals surface area contributed by atoms with Gasteiger partial charge in [0.2, 0.25) is 10.0 Å². The topological polar surface area (TPSA) is 63.7 Å². The van der Waals surface area contributed by atoms with E-state index in [0.29, 0.717) is 37.2 Å². The molecule has 0 bridgehead atoms. The molecule has 1 fully saturated rings. The molecule has 28 heavy (non-hydrogen) atoms. The van der Waals surface area contributed by atoms with Gasteiger partial charge in [-0.25, -0.2) is 8.42 Å². The van der Waals surface area contributed by atoms with Gasteiger partial charge in [0.15, 0.2) is 0 Å². The second-order valence-corrected chi connectivity index (χ2v) is 9.34. The van der Waals surface area contributed by atoms with E-state index in [-0.39, 0.29) is 11.7 Å². The van der Waals surface area contributed by atoms with Gasteiger partial charge in [-0.05, 0) is 56.0 Å². The molecule has 1 aliphatic rings. The molecular formula is C22H27NO4S. The molecule has 2 aromatic rings. The van der Waals surface area contributed by atoms with Gasteiger partial charge in [0, 0.05) is 25.4 Å². The van der Waals surface area contributed by atoms with Gasteiger partial charge in [-0.15, -0.1) is 0 Å². The highest BCUT2D eigenvalue weighted by Crippen LogP contribution is 2.27. The van der Waals surface area contributed by atoms with E-state index in [1.807, 2.05) is 50.2 Å². The standard InChI is InChI=1S/C22H27NO4S/c1-16-4-9-22(17(2)14-16)28(25,26)23-12-10-19(11-13-23)21(24)15-18-5-7-20(27-3)8-6-18/h4-9,14,19H,10-13,15H2,1-3H3. The van der Waals surface area contributed by atoms with Crippen LogP contribution >= 0.6 is 0 Å². The lowest BCUT2D eigenvalue weighted by atomic mass is 9.90. The maximum absolute atomic E-state index is 13.0. The van der Waals surface area contributed by atoms with Gasteiger partial charge in [0.05, 0.1) is 12.0 Å². The van der Waals surface area contributed by atoms with E-state index in [1.54, 1.807) is 13.2 Å². The van der Waals surface area contributed by atoms with Gasteiger partial charge in [0.25, 0.3) is 0 Å². The van der Waals surface area contributed by atoms with E-state index >= 15 is 0 Å². The van der Waals surface area contributed by atoms with Gasteiger partial charge < -0.3 is 4.74 Å². The lowest BCUT2D eigenvalue weighted by molar-refractivity contribution is -0.123. The number of Topliss-reactive ketones (excluding diaryl/α,β-unsaturated/α-hetero) is 1. The first-order chi connectivity index (χ1) is 13.3. The molecule has 0 spiro atoms. The van der Waals surface area contributed by atoms with Crippen LogP contribution in [-0.4, -0.2) is 38.7 Å². The highest BCUT2D eigenvalue weighted by Gasteiger charge is 2.32. The number of hydrogen-bond acceptors (Lipinski definition) is 4. The minimum atomic E-state index is -3.52. The smallest absolute Gasteiger partial charge is 0.243 e. The summed E-state index contributed by atoms with van der Waals surface area (Å²) in [5, 5.41) is 0. The van der Waals surface area contributed by atoms with Gasteiger partial charge in [0.1, 0.15) is 11.5 Å². The van der Waals surface area contributed by atoms with Crippen molar-refractivity contribution in [3.8, 4) is 5.75 Å². The molecule has 1 saturated heterocycles. The zero-order chi connectivity index (χ0) is 20.3. The van der Waals surface area contributed by atoms with Crippen molar-refractivity contribution in [2.45, 2.75) is 38.0 Å². The first-order valence-corrected chi connectivity index (χ1v) is 11.0. The van der Waals surface area contributed by atoms with Crippen LogP contribution in [0.3, 0.4) is 0 Å². The number of aryl methyl sites for hydroxylation is 2. The zero-order valence-electron chi connectivity index (χ0n) is 16.6. The summed E-state index contributed by atoms with van der Waals surface area (Å²) in [5.41, 5.74) is 2.76. The number of sulfonamides is 1. The number of ketones is 1. The van der Waals surface area contributed by atoms with Crippen LogP contribution in [0.1, 0.15) is 29.5 Å². The first-order valence-electron chi connectivity index (χ1n) is 9.54. The Balaban J connectivity index is 1.62. The fraction of sp³-hybridized carbons (Fsp3) is 0.409. The third-order valence-electron chi connectivity index (χ3n) is 5.39. The van der Waals surface area contributed by atoms with Crippen molar-refractivity contribution >= 4 is 15.8 Å². The van der Waals surface area contributed by atoms with Gasteiger partial charge in [-0.3, -0.25) is 4.79 Å². The van der Waals surface area contributed by atoms with Crippen molar-refractivity contribution in [2.24, 2.45) is 5.92 Å². The van der Waals surface area contributed by atoms with E-state index in [2.05, 4.69) is 0 Å². The van der Waals surface area contributed by atoms with Gasteiger partial charge >= 0.3 is 0 Å². The van der Waals surface area contributed by atoms with Crippen LogP contribution in [0.5, 0.6) is 5.75 Å². The molecule has 0 aliphatic carbocycles. The molecule has 3 rings (SSSR count). The quantitative estimate of drug-likeness (QED) is 0.743. The van der Waals surface area contributed by atoms with E-state index in [1.165, 1.54) is 4.31 Å². The largest absolute Gasteiger partial charge is 0.497 e. The summed E-state index contributed by atoms with van der Waals surface area (Å²) >= 11 is 0. The number of rotatable bonds is 6. The number of ether oxygens (including phenoxy) is 1. The predicted octanol–water partition coefficient (Wildman–Crippen LogP) is 3.52. The normalized spacial score (nSPS) is 16.1. The molecular weight excluding hydrogens is 374 g/mol. The third-order valence-corrected chi connectivity index (χ3v) is 7.45. The molecule has 0 radical (unpaired) electrons. The summed E-state index contributed by atoms with van der Waals surface area (Å²) in [5.74, 6) is 0.850. The molecule has 0 saturated carbocycles. The number of piperidine rings is 1. The molecule has 2 aromatic carbocycles. The number of carbonyl (C=O) groups excluding carboxylic acids is 1. The van der Waals surface area contributed by atoms with Crippen molar-refractivity contribution in [2.75, 3.05) is 20.2 Å². The minimum absolute atomic E-state index is 0.0901. The summed E-state index contributed by atoms with van der Waals surface area (Å²) < 4.78 is 32.6. The fourth-order valence-electron chi connectivity index (χ4n) is 3.73. The predicted molar refractivity (Wildman–Crippen MR) is 109 cm³/mol. The van der Waals surface area contributed by atoms with Crippen LogP contribution in [-0.2, 0) is 21.2 Å². The van der Waals surface area contributed by atoms with E-state index < -0.39 is 10.0 Å². The van der Waals surface area contributed by atoms with Crippen molar-refractivity contribution in [3.63, 3.8) is 0 Å². The Hall–Kier alpha value is -2.18. The average molecular weight is 402 g/mol. The molecule has 0 atom stereocenters. The second kappa shape index (κ2) is 8.45. The summed E-state index contributed by atoms with van der Waals surface area (Å²) in [6.45, 7) is 4.54. The Bertz CT molecular complexity index is 943. The maximum atomic E-state index is 13.0. The Morgan fingerprint density at radius 1 is 1.07 bits per heavy atom. The number of methoxy groups -OCH3 is 1. The van der Waals surface area contributed by atoms with E-state index in [0.717, 1.165) is 22.4 Å². The first kappa shape index (κ1) is 20.6. The lowest BCUT2D eigenvalue weighted by Crippen LogP contribution is -2.40. The van der Waals surface area contributed by atoms with E-state index in [9.17, 15) is 13.2 Å². The molecule has 6 heteroatoms. The van der Waals surface area contributed by atoms with E-state index in [4.69, 9.17) is 4.74 Å². The molecule has 0 amide bonds. The summed E-state index contributed by atoms with van der Waals surface area (Å²) in [6, 6.07) is 12.9. The fourth-order valence-corrected chi connectivity index (χ4v) is 5.41. The molecule has 0 N–H and O–H groups in total. The minimum Gasteiger partial charge on any atom is -0.497 e. The van der Waals surface area contributed by atoms with Crippen molar-refractivity contribution in [1.82, 2.24) is 4.31 Å². The molecule has 1 heterocycles. The van der Waals surface area contributed by atoms with Gasteiger partial charge in [-0.1, -0.05) is 29.8 Å². The third kappa shape index (κ3) is 4.45. The van der Waals surface area contributed by atoms with Crippen LogP contribution in [0, 0.1) is 19.8 Å². The highest BCUT2D eigenvalue weighted by molar-refractivity contribution is 7.89. The zero-order valence-corrected chi connectivity index (χ0v) is 17.5. The molecule has 1 aliphatic heterocycles. The molecule has 0 unspecified atom stereocenters. The summed E-state index contributed by atoms with van der Waals surface area (Å²) in [7, 11) is -1.91. The maximum Gasteiger partial charge on any atom is 0.243 e. The highest BCUT2D eigenvalue weighted by atomic mass is 32.2. The summed E-state index contributed by atoms with van der Waals surface area (Å²) in [4.78, 5) is 13.0. The number of hydrogen-bond donors (Lipinski definition) is 0. The monoisotopic (exact) mass is 401 g/mol.